The van der Waals surface area contributed by atoms with Gasteiger partial charge in [0.05, 0.1) is 17.9 Å². The first-order valence-electron chi connectivity index (χ1n) is 6.37. The van der Waals surface area contributed by atoms with Crippen LogP contribution in [0.25, 0.3) is 0 Å². The van der Waals surface area contributed by atoms with Crippen LogP contribution in [0.15, 0.2) is 23.0 Å². The molecule has 2 aromatic rings. The maximum Gasteiger partial charge on any atom is 0.243 e. The third-order valence-electron chi connectivity index (χ3n) is 3.11. The van der Waals surface area contributed by atoms with Crippen molar-refractivity contribution in [2.24, 2.45) is 7.05 Å². The molecule has 108 valence electrons. The standard InChI is InChI=1S/C13H19N5O2/c1-9-5-12(20-16-9)15-13(19)10(2)17(3)7-11-6-14-18(4)8-11/h5-6,8,10H,7H2,1-4H3,(H,15,19)/t10-/m1/s1. The monoisotopic (exact) mass is 277 g/mol. The van der Waals surface area contributed by atoms with Gasteiger partial charge in [0, 0.05) is 31.4 Å². The van der Waals surface area contributed by atoms with E-state index in [4.69, 9.17) is 4.52 Å². The summed E-state index contributed by atoms with van der Waals surface area (Å²) < 4.78 is 6.71. The molecule has 0 radical (unpaired) electrons. The molecule has 2 rings (SSSR count). The highest BCUT2D eigenvalue weighted by Crippen LogP contribution is 2.11. The minimum Gasteiger partial charge on any atom is -0.338 e. The van der Waals surface area contributed by atoms with Gasteiger partial charge in [-0.25, -0.2) is 0 Å². The van der Waals surface area contributed by atoms with Crippen molar-refractivity contribution in [2.75, 3.05) is 12.4 Å². The molecule has 0 aliphatic carbocycles. The third-order valence-corrected chi connectivity index (χ3v) is 3.11. The van der Waals surface area contributed by atoms with Gasteiger partial charge in [0.2, 0.25) is 11.8 Å². The van der Waals surface area contributed by atoms with E-state index in [1.165, 1.54) is 0 Å². The Morgan fingerprint density at radius 2 is 2.35 bits per heavy atom. The molecular formula is C13H19N5O2. The predicted molar refractivity (Wildman–Crippen MR) is 74.0 cm³/mol. The maximum atomic E-state index is 12.1. The van der Waals surface area contributed by atoms with E-state index in [1.54, 1.807) is 23.9 Å². The Hall–Kier alpha value is -2.15. The number of aromatic nitrogens is 3. The van der Waals surface area contributed by atoms with Gasteiger partial charge >= 0.3 is 0 Å². The molecule has 2 heterocycles. The van der Waals surface area contributed by atoms with Gasteiger partial charge in [0.1, 0.15) is 0 Å². The van der Waals surface area contributed by atoms with Gasteiger partial charge in [-0.2, -0.15) is 5.10 Å². The van der Waals surface area contributed by atoms with Crippen LogP contribution in [-0.4, -0.2) is 38.8 Å². The van der Waals surface area contributed by atoms with Gasteiger partial charge in [-0.15, -0.1) is 0 Å². The van der Waals surface area contributed by atoms with Gasteiger partial charge in [-0.1, -0.05) is 5.16 Å². The molecule has 0 aliphatic rings. The summed E-state index contributed by atoms with van der Waals surface area (Å²) in [6.45, 7) is 4.30. The van der Waals surface area contributed by atoms with Crippen molar-refractivity contribution in [3.63, 3.8) is 0 Å². The van der Waals surface area contributed by atoms with Crippen molar-refractivity contribution >= 4 is 11.8 Å². The number of carbonyl (C=O) groups is 1. The van der Waals surface area contributed by atoms with Crippen LogP contribution in [0.2, 0.25) is 0 Å². The molecule has 0 bridgehead atoms. The zero-order valence-corrected chi connectivity index (χ0v) is 12.1. The average Bonchev–Trinajstić information content (AvgIpc) is 2.97. The number of nitrogens with zero attached hydrogens (tertiary/aromatic N) is 4. The molecular weight excluding hydrogens is 258 g/mol. The highest BCUT2D eigenvalue weighted by Gasteiger charge is 2.19. The molecule has 1 amide bonds. The Morgan fingerprint density at radius 1 is 1.60 bits per heavy atom. The molecule has 0 saturated carbocycles. The number of anilines is 1. The van der Waals surface area contributed by atoms with E-state index in [0.717, 1.165) is 11.3 Å². The molecule has 20 heavy (non-hydrogen) atoms. The fourth-order valence-electron chi connectivity index (χ4n) is 1.83. The first kappa shape index (κ1) is 14.3. The van der Waals surface area contributed by atoms with Crippen LogP contribution in [0, 0.1) is 6.92 Å². The highest BCUT2D eigenvalue weighted by atomic mass is 16.5. The summed E-state index contributed by atoms with van der Waals surface area (Å²) in [5, 5.41) is 10.5. The van der Waals surface area contributed by atoms with Gasteiger partial charge in [0.25, 0.3) is 0 Å². The molecule has 7 heteroatoms. The summed E-state index contributed by atoms with van der Waals surface area (Å²) in [4.78, 5) is 14.0. The smallest absolute Gasteiger partial charge is 0.243 e. The lowest BCUT2D eigenvalue weighted by Crippen LogP contribution is -2.39. The Kier molecular flexibility index (Phi) is 4.19. The van der Waals surface area contributed by atoms with E-state index in [-0.39, 0.29) is 11.9 Å². The topological polar surface area (TPSA) is 76.2 Å². The summed E-state index contributed by atoms with van der Waals surface area (Å²) in [5.74, 6) is 0.238. The number of nitrogens with one attached hydrogen (secondary N) is 1. The second kappa shape index (κ2) is 5.87. The lowest BCUT2D eigenvalue weighted by molar-refractivity contribution is -0.120. The fourth-order valence-corrected chi connectivity index (χ4v) is 1.83. The van der Waals surface area contributed by atoms with Crippen LogP contribution in [0.3, 0.4) is 0 Å². The molecule has 7 nitrogen and oxygen atoms in total. The first-order chi connectivity index (χ1) is 9.45. The normalized spacial score (nSPS) is 12.7. The SMILES string of the molecule is Cc1cc(NC(=O)[C@@H](C)N(C)Cc2cnn(C)c2)on1. The number of carbonyl (C=O) groups excluding carboxylic acids is 1. The zero-order valence-electron chi connectivity index (χ0n) is 12.1. The molecule has 0 unspecified atom stereocenters. The quantitative estimate of drug-likeness (QED) is 0.888. The van der Waals surface area contributed by atoms with Crippen molar-refractivity contribution < 1.29 is 9.32 Å². The maximum absolute atomic E-state index is 12.1. The molecule has 0 fully saturated rings. The Balaban J connectivity index is 1.92. The van der Waals surface area contributed by atoms with Crippen LogP contribution in [-0.2, 0) is 18.4 Å². The number of rotatable bonds is 5. The van der Waals surface area contributed by atoms with E-state index >= 15 is 0 Å². The van der Waals surface area contributed by atoms with Crippen LogP contribution in [0.1, 0.15) is 18.2 Å². The summed E-state index contributed by atoms with van der Waals surface area (Å²) in [6, 6.07) is 1.40. The number of likely N-dealkylation sites (N-methyl/N-ethyl adjacent to an activating group) is 1. The minimum absolute atomic E-state index is 0.132. The lowest BCUT2D eigenvalue weighted by atomic mass is 10.2. The third kappa shape index (κ3) is 3.45. The largest absolute Gasteiger partial charge is 0.338 e. The van der Waals surface area contributed by atoms with Crippen molar-refractivity contribution in [1.82, 2.24) is 19.8 Å². The number of amides is 1. The number of aryl methyl sites for hydroxylation is 2. The van der Waals surface area contributed by atoms with Crippen LogP contribution in [0.4, 0.5) is 5.88 Å². The average molecular weight is 277 g/mol. The molecule has 1 atom stereocenters. The molecule has 0 aliphatic heterocycles. The molecule has 0 aromatic carbocycles. The van der Waals surface area contributed by atoms with Gasteiger partial charge in [-0.05, 0) is 20.9 Å². The van der Waals surface area contributed by atoms with Gasteiger partial charge in [0.15, 0.2) is 0 Å². The summed E-state index contributed by atoms with van der Waals surface area (Å²) in [7, 11) is 3.76. The summed E-state index contributed by atoms with van der Waals surface area (Å²) in [6.07, 6.45) is 3.72. The Morgan fingerprint density at radius 3 is 2.90 bits per heavy atom. The van der Waals surface area contributed by atoms with Gasteiger partial charge in [-0.3, -0.25) is 19.7 Å². The minimum atomic E-state index is -0.291. The van der Waals surface area contributed by atoms with Crippen LogP contribution >= 0.6 is 0 Å². The second-order valence-corrected chi connectivity index (χ2v) is 4.94. The van der Waals surface area contributed by atoms with E-state index in [2.05, 4.69) is 15.6 Å². The van der Waals surface area contributed by atoms with E-state index < -0.39 is 0 Å². The van der Waals surface area contributed by atoms with Crippen molar-refractivity contribution in [1.29, 1.82) is 0 Å². The van der Waals surface area contributed by atoms with E-state index in [0.29, 0.717) is 12.4 Å². The summed E-state index contributed by atoms with van der Waals surface area (Å²) >= 11 is 0. The lowest BCUT2D eigenvalue weighted by Gasteiger charge is -2.22. The highest BCUT2D eigenvalue weighted by molar-refractivity contribution is 5.93. The Bertz CT molecular complexity index is 589. The van der Waals surface area contributed by atoms with E-state index in [9.17, 15) is 4.79 Å². The molecule has 0 saturated heterocycles. The van der Waals surface area contributed by atoms with E-state index in [1.807, 2.05) is 32.1 Å². The fraction of sp³-hybridized carbons (Fsp3) is 0.462. The predicted octanol–water partition coefficient (Wildman–Crippen LogP) is 1.18. The second-order valence-electron chi connectivity index (χ2n) is 4.94. The molecule has 2 aromatic heterocycles. The molecule has 1 N–H and O–H groups in total. The number of hydrogen-bond donors (Lipinski definition) is 1. The van der Waals surface area contributed by atoms with Gasteiger partial charge < -0.3 is 4.52 Å². The first-order valence-corrected chi connectivity index (χ1v) is 6.37. The van der Waals surface area contributed by atoms with Crippen molar-refractivity contribution in [3.8, 4) is 0 Å². The zero-order chi connectivity index (χ0) is 14.7. The molecule has 0 spiro atoms. The Labute approximate surface area is 117 Å². The van der Waals surface area contributed by atoms with Crippen molar-refractivity contribution in [3.05, 3.63) is 29.7 Å². The number of hydrogen-bond acceptors (Lipinski definition) is 5. The van der Waals surface area contributed by atoms with Crippen LogP contribution < -0.4 is 5.32 Å². The van der Waals surface area contributed by atoms with Crippen LogP contribution in [0.5, 0.6) is 0 Å². The van der Waals surface area contributed by atoms with Crippen molar-refractivity contribution in [2.45, 2.75) is 26.4 Å². The summed E-state index contributed by atoms with van der Waals surface area (Å²) in [5.41, 5.74) is 1.79.